The van der Waals surface area contributed by atoms with E-state index in [0.29, 0.717) is 0 Å². The van der Waals surface area contributed by atoms with Gasteiger partial charge in [-0.25, -0.2) is 0 Å². The van der Waals surface area contributed by atoms with Crippen LogP contribution in [0.15, 0.2) is 16.6 Å². The quantitative estimate of drug-likeness (QED) is 0.264. The molecule has 0 saturated heterocycles. The lowest BCUT2D eigenvalue weighted by Gasteiger charge is -2.17. The third-order valence-corrected chi connectivity index (χ3v) is 4.51. The minimum Gasteiger partial charge on any atom is -0.357 e. The van der Waals surface area contributed by atoms with E-state index in [1.165, 1.54) is 38.6 Å². The predicted molar refractivity (Wildman–Crippen MR) is 102 cm³/mol. The van der Waals surface area contributed by atoms with Gasteiger partial charge in [0.1, 0.15) is 0 Å². The molecule has 0 atom stereocenters. The van der Waals surface area contributed by atoms with Gasteiger partial charge in [0.15, 0.2) is 5.96 Å². The molecule has 0 saturated carbocycles. The summed E-state index contributed by atoms with van der Waals surface area (Å²) in [6.07, 6.45) is 11.3. The maximum absolute atomic E-state index is 4.70. The summed E-state index contributed by atoms with van der Waals surface area (Å²) in [4.78, 5) is 7.18. The van der Waals surface area contributed by atoms with Gasteiger partial charge in [-0.15, -0.1) is 0 Å². The maximum Gasteiger partial charge on any atom is 0.191 e. The molecule has 0 amide bonds. The van der Waals surface area contributed by atoms with Crippen molar-refractivity contribution < 1.29 is 0 Å². The SMILES string of the molecule is CCNC(=NCCCCN(CC)CC)NCCC1=CCCCC1. The van der Waals surface area contributed by atoms with Gasteiger partial charge in [-0.1, -0.05) is 25.5 Å². The summed E-state index contributed by atoms with van der Waals surface area (Å²) in [5.41, 5.74) is 1.62. The summed E-state index contributed by atoms with van der Waals surface area (Å²) < 4.78 is 0. The second kappa shape index (κ2) is 13.4. The number of hydrogen-bond donors (Lipinski definition) is 2. The van der Waals surface area contributed by atoms with Crippen LogP contribution < -0.4 is 10.6 Å². The van der Waals surface area contributed by atoms with Crippen molar-refractivity contribution in [2.45, 2.75) is 65.7 Å². The van der Waals surface area contributed by atoms with Crippen LogP contribution in [0.1, 0.15) is 65.7 Å². The molecule has 0 bridgehead atoms. The number of aliphatic imine (C=N–C) groups is 1. The summed E-state index contributed by atoms with van der Waals surface area (Å²) in [5.74, 6) is 0.978. The lowest BCUT2D eigenvalue weighted by molar-refractivity contribution is 0.297. The smallest absolute Gasteiger partial charge is 0.191 e. The summed E-state index contributed by atoms with van der Waals surface area (Å²) in [5, 5.41) is 6.83. The average molecular weight is 323 g/mol. The molecule has 0 aromatic carbocycles. The van der Waals surface area contributed by atoms with Crippen LogP contribution in [0, 0.1) is 0 Å². The van der Waals surface area contributed by atoms with Crippen molar-refractivity contribution in [3.8, 4) is 0 Å². The average Bonchev–Trinajstić information content (AvgIpc) is 2.59. The Labute approximate surface area is 143 Å². The first-order valence-corrected chi connectivity index (χ1v) is 9.72. The molecule has 0 fully saturated rings. The van der Waals surface area contributed by atoms with Gasteiger partial charge in [0, 0.05) is 19.6 Å². The van der Waals surface area contributed by atoms with Gasteiger partial charge in [0.05, 0.1) is 0 Å². The Kier molecular flexibility index (Phi) is 11.7. The Morgan fingerprint density at radius 2 is 1.96 bits per heavy atom. The van der Waals surface area contributed by atoms with Crippen LogP contribution in [-0.2, 0) is 0 Å². The Hall–Kier alpha value is -1.03. The fourth-order valence-electron chi connectivity index (χ4n) is 2.99. The molecule has 0 aliphatic heterocycles. The Bertz CT molecular complexity index is 345. The van der Waals surface area contributed by atoms with Gasteiger partial charge in [-0.2, -0.15) is 0 Å². The van der Waals surface area contributed by atoms with Crippen molar-refractivity contribution in [1.82, 2.24) is 15.5 Å². The second-order valence-electron chi connectivity index (χ2n) is 6.28. The number of hydrogen-bond acceptors (Lipinski definition) is 2. The van der Waals surface area contributed by atoms with Gasteiger partial charge in [0.25, 0.3) is 0 Å². The molecule has 0 unspecified atom stereocenters. The number of guanidine groups is 1. The van der Waals surface area contributed by atoms with E-state index in [1.54, 1.807) is 5.57 Å². The van der Waals surface area contributed by atoms with Gasteiger partial charge < -0.3 is 15.5 Å². The molecular weight excluding hydrogens is 284 g/mol. The second-order valence-corrected chi connectivity index (χ2v) is 6.28. The van der Waals surface area contributed by atoms with Crippen LogP contribution >= 0.6 is 0 Å². The molecule has 1 rings (SSSR count). The molecule has 0 aromatic heterocycles. The van der Waals surface area contributed by atoms with E-state index in [-0.39, 0.29) is 0 Å². The highest BCUT2D eigenvalue weighted by atomic mass is 15.2. The molecule has 4 heteroatoms. The summed E-state index contributed by atoms with van der Waals surface area (Å²) in [6, 6.07) is 0. The Morgan fingerprint density at radius 1 is 1.13 bits per heavy atom. The molecule has 0 radical (unpaired) electrons. The van der Waals surface area contributed by atoms with Crippen molar-refractivity contribution in [2.24, 2.45) is 4.99 Å². The van der Waals surface area contributed by atoms with Gasteiger partial charge in [0.2, 0.25) is 0 Å². The van der Waals surface area contributed by atoms with E-state index in [0.717, 1.165) is 51.5 Å². The van der Waals surface area contributed by atoms with Crippen LogP contribution in [0.2, 0.25) is 0 Å². The lowest BCUT2D eigenvalue weighted by atomic mass is 9.97. The van der Waals surface area contributed by atoms with E-state index in [2.05, 4.69) is 42.4 Å². The third-order valence-electron chi connectivity index (χ3n) is 4.51. The molecule has 1 aliphatic carbocycles. The minimum absolute atomic E-state index is 0.916. The highest BCUT2D eigenvalue weighted by molar-refractivity contribution is 5.79. The first-order chi connectivity index (χ1) is 11.3. The van der Waals surface area contributed by atoms with Crippen molar-refractivity contribution in [1.29, 1.82) is 0 Å². The molecule has 4 nitrogen and oxygen atoms in total. The predicted octanol–water partition coefficient (Wildman–Crippen LogP) is 3.55. The zero-order valence-electron chi connectivity index (χ0n) is 15.7. The fourth-order valence-corrected chi connectivity index (χ4v) is 2.99. The van der Waals surface area contributed by atoms with Crippen molar-refractivity contribution in [2.75, 3.05) is 39.3 Å². The first kappa shape index (κ1) is 20.0. The molecule has 134 valence electrons. The number of nitrogens with one attached hydrogen (secondary N) is 2. The zero-order chi connectivity index (χ0) is 16.8. The molecule has 0 spiro atoms. The molecular formula is C19H38N4. The fraction of sp³-hybridized carbons (Fsp3) is 0.842. The van der Waals surface area contributed by atoms with E-state index in [1.807, 2.05) is 0 Å². The number of rotatable bonds is 11. The van der Waals surface area contributed by atoms with Gasteiger partial charge in [-0.05, 0) is 71.5 Å². The van der Waals surface area contributed by atoms with Gasteiger partial charge >= 0.3 is 0 Å². The minimum atomic E-state index is 0.916. The van der Waals surface area contributed by atoms with Crippen molar-refractivity contribution >= 4 is 5.96 Å². The van der Waals surface area contributed by atoms with Crippen LogP contribution in [0.25, 0.3) is 0 Å². The molecule has 0 heterocycles. The van der Waals surface area contributed by atoms with Crippen LogP contribution in [-0.4, -0.2) is 50.1 Å². The van der Waals surface area contributed by atoms with E-state index in [9.17, 15) is 0 Å². The summed E-state index contributed by atoms with van der Waals surface area (Å²) in [7, 11) is 0. The van der Waals surface area contributed by atoms with Crippen molar-refractivity contribution in [3.63, 3.8) is 0 Å². The highest BCUT2D eigenvalue weighted by Gasteiger charge is 2.04. The third kappa shape index (κ3) is 9.65. The van der Waals surface area contributed by atoms with Crippen LogP contribution in [0.4, 0.5) is 0 Å². The standard InChI is InChI=1S/C19H38N4/c1-4-20-19(21-15-10-11-17-23(5-2)6-3)22-16-14-18-12-8-7-9-13-18/h12H,4-11,13-17H2,1-3H3,(H2,20,21,22). The van der Waals surface area contributed by atoms with E-state index in [4.69, 9.17) is 4.99 Å². The maximum atomic E-state index is 4.70. The normalized spacial score (nSPS) is 15.7. The largest absolute Gasteiger partial charge is 0.357 e. The summed E-state index contributed by atoms with van der Waals surface area (Å²) >= 11 is 0. The Balaban J connectivity index is 2.20. The lowest BCUT2D eigenvalue weighted by Crippen LogP contribution is -2.38. The molecule has 23 heavy (non-hydrogen) atoms. The van der Waals surface area contributed by atoms with Crippen LogP contribution in [0.5, 0.6) is 0 Å². The molecule has 0 aromatic rings. The first-order valence-electron chi connectivity index (χ1n) is 9.72. The summed E-state index contributed by atoms with van der Waals surface area (Å²) in [6.45, 7) is 12.9. The Morgan fingerprint density at radius 3 is 2.61 bits per heavy atom. The molecule has 2 N–H and O–H groups in total. The topological polar surface area (TPSA) is 39.7 Å². The van der Waals surface area contributed by atoms with E-state index >= 15 is 0 Å². The zero-order valence-corrected chi connectivity index (χ0v) is 15.7. The van der Waals surface area contributed by atoms with Gasteiger partial charge in [-0.3, -0.25) is 4.99 Å². The van der Waals surface area contributed by atoms with Crippen LogP contribution in [0.3, 0.4) is 0 Å². The number of nitrogens with zero attached hydrogens (tertiary/aromatic N) is 2. The monoisotopic (exact) mass is 322 g/mol. The van der Waals surface area contributed by atoms with E-state index < -0.39 is 0 Å². The van der Waals surface area contributed by atoms with Crippen molar-refractivity contribution in [3.05, 3.63) is 11.6 Å². The number of allylic oxidation sites excluding steroid dienone is 1. The molecule has 1 aliphatic rings. The number of unbranched alkanes of at least 4 members (excludes halogenated alkanes) is 1. The highest BCUT2D eigenvalue weighted by Crippen LogP contribution is 2.19.